The molecule has 0 spiro atoms. The number of likely N-dealkylation sites (tertiary alicyclic amines) is 1. The highest BCUT2D eigenvalue weighted by atomic mass is 32.2. The van der Waals surface area contributed by atoms with Crippen LogP contribution >= 0.6 is 0 Å². The summed E-state index contributed by atoms with van der Waals surface area (Å²) in [5.41, 5.74) is 0.239. The van der Waals surface area contributed by atoms with Crippen molar-refractivity contribution in [2.75, 3.05) is 26.2 Å². The highest BCUT2D eigenvalue weighted by Crippen LogP contribution is 2.41. The molecule has 2 N–H and O–H groups in total. The Morgan fingerprint density at radius 2 is 1.83 bits per heavy atom. The minimum absolute atomic E-state index is 0.0779. The minimum Gasteiger partial charge on any atom is -0.342 e. The summed E-state index contributed by atoms with van der Waals surface area (Å²) in [7, 11) is -3.92. The summed E-state index contributed by atoms with van der Waals surface area (Å²) < 4.78 is 40.0. The summed E-state index contributed by atoms with van der Waals surface area (Å²) in [5.74, 6) is -1.09. The lowest BCUT2D eigenvalue weighted by Gasteiger charge is -2.30. The largest absolute Gasteiger partial charge is 0.342 e. The Labute approximate surface area is 212 Å². The Morgan fingerprint density at radius 1 is 1.17 bits per heavy atom. The summed E-state index contributed by atoms with van der Waals surface area (Å²) in [6.07, 6.45) is 1.62. The van der Waals surface area contributed by atoms with Crippen LogP contribution in [0.4, 0.5) is 4.39 Å². The van der Waals surface area contributed by atoms with E-state index in [-0.39, 0.29) is 36.2 Å². The molecule has 1 aliphatic rings. The van der Waals surface area contributed by atoms with E-state index in [1.54, 1.807) is 4.90 Å². The number of rotatable bonds is 12. The first-order chi connectivity index (χ1) is 17.0. The fourth-order valence-electron chi connectivity index (χ4n) is 4.71. The van der Waals surface area contributed by atoms with Gasteiger partial charge in [-0.1, -0.05) is 44.2 Å². The molecule has 0 saturated carbocycles. The molecule has 1 saturated heterocycles. The molecule has 1 aliphatic heterocycles. The predicted octanol–water partition coefficient (Wildman–Crippen LogP) is 3.22. The topological polar surface area (TPSA) is 107 Å². The number of nitrogens with one attached hydrogen (secondary N) is 1. The van der Waals surface area contributed by atoms with Crippen LogP contribution in [0.5, 0.6) is 0 Å². The van der Waals surface area contributed by atoms with Crippen molar-refractivity contribution in [3.8, 4) is 0 Å². The highest BCUT2D eigenvalue weighted by molar-refractivity contribution is 7.89. The number of halogens is 1. The maximum absolute atomic E-state index is 13.4. The summed E-state index contributed by atoms with van der Waals surface area (Å²) in [6, 6.07) is 14.2. The fraction of sp³-hybridized carbons (Fsp3) is 0.462. The first-order valence-corrected chi connectivity index (χ1v) is 13.6. The molecule has 2 aromatic carbocycles. The molecular formula is C26H34FN3O5S. The second-order valence-electron chi connectivity index (χ2n) is 9.70. The van der Waals surface area contributed by atoms with Gasteiger partial charge in [-0.25, -0.2) is 22.6 Å². The molecular weight excluding hydrogens is 485 g/mol. The fourth-order valence-corrected chi connectivity index (χ4v) is 5.73. The van der Waals surface area contributed by atoms with Gasteiger partial charge >= 0.3 is 0 Å². The van der Waals surface area contributed by atoms with Crippen molar-refractivity contribution in [3.05, 3.63) is 66.0 Å². The monoisotopic (exact) mass is 519 g/mol. The van der Waals surface area contributed by atoms with Crippen LogP contribution < -0.4 is 4.72 Å². The van der Waals surface area contributed by atoms with E-state index in [0.29, 0.717) is 31.0 Å². The van der Waals surface area contributed by atoms with Crippen molar-refractivity contribution >= 4 is 21.8 Å². The smallest absolute Gasteiger partial charge is 0.247 e. The van der Waals surface area contributed by atoms with Crippen LogP contribution in [0, 0.1) is 17.2 Å². The Kier molecular flexibility index (Phi) is 9.21. The average molecular weight is 520 g/mol. The van der Waals surface area contributed by atoms with Crippen LogP contribution in [0.15, 0.2) is 59.5 Å². The third kappa shape index (κ3) is 7.11. The van der Waals surface area contributed by atoms with Gasteiger partial charge in [0.15, 0.2) is 0 Å². The number of sulfonamides is 1. The molecule has 1 atom stereocenters. The van der Waals surface area contributed by atoms with Gasteiger partial charge in [0.05, 0.1) is 16.9 Å². The first-order valence-electron chi connectivity index (χ1n) is 12.1. The molecule has 1 fully saturated rings. The van der Waals surface area contributed by atoms with Crippen molar-refractivity contribution < 1.29 is 27.6 Å². The molecule has 36 heavy (non-hydrogen) atoms. The van der Waals surface area contributed by atoms with E-state index in [4.69, 9.17) is 0 Å². The van der Waals surface area contributed by atoms with Crippen LogP contribution in [0.1, 0.15) is 38.7 Å². The number of hydrogen-bond acceptors (Lipinski definition) is 5. The zero-order valence-electron chi connectivity index (χ0n) is 20.7. The van der Waals surface area contributed by atoms with Gasteiger partial charge in [-0.05, 0) is 55.0 Å². The molecule has 196 valence electrons. The second kappa shape index (κ2) is 11.9. The van der Waals surface area contributed by atoms with Crippen LogP contribution in [0.2, 0.25) is 0 Å². The summed E-state index contributed by atoms with van der Waals surface area (Å²) in [4.78, 5) is 28.0. The Hall–Kier alpha value is -2.82. The molecule has 2 aromatic rings. The molecule has 0 radical (unpaired) electrons. The van der Waals surface area contributed by atoms with Gasteiger partial charge in [-0.3, -0.25) is 14.8 Å². The predicted molar refractivity (Wildman–Crippen MR) is 133 cm³/mol. The molecule has 3 rings (SSSR count). The van der Waals surface area contributed by atoms with Crippen molar-refractivity contribution in [2.24, 2.45) is 11.3 Å². The zero-order chi connectivity index (χ0) is 26.3. The Balaban J connectivity index is 1.57. The maximum atomic E-state index is 13.4. The zero-order valence-corrected chi connectivity index (χ0v) is 21.5. The van der Waals surface area contributed by atoms with Gasteiger partial charge < -0.3 is 4.90 Å². The molecule has 0 bridgehead atoms. The molecule has 10 heteroatoms. The molecule has 0 aromatic heterocycles. The van der Waals surface area contributed by atoms with Crippen LogP contribution in [0.3, 0.4) is 0 Å². The number of carbonyl (C=O) groups excluding carboxylic acids is 2. The normalized spacial score (nSPS) is 18.1. The van der Waals surface area contributed by atoms with E-state index in [2.05, 4.69) is 4.72 Å². The number of benzene rings is 2. The van der Waals surface area contributed by atoms with Crippen LogP contribution in [0.25, 0.3) is 0 Å². The summed E-state index contributed by atoms with van der Waals surface area (Å²) in [6.45, 7) is 4.57. The van der Waals surface area contributed by atoms with Gasteiger partial charge in [0.1, 0.15) is 5.82 Å². The highest BCUT2D eigenvalue weighted by Gasteiger charge is 2.48. The summed E-state index contributed by atoms with van der Waals surface area (Å²) in [5, 5.41) is 10.8. The number of carbonyl (C=O) groups is 2. The van der Waals surface area contributed by atoms with E-state index in [1.165, 1.54) is 0 Å². The lowest BCUT2D eigenvalue weighted by atomic mass is 9.75. The Morgan fingerprint density at radius 3 is 2.47 bits per heavy atom. The van der Waals surface area contributed by atoms with Gasteiger partial charge in [0.25, 0.3) is 0 Å². The molecule has 2 amide bonds. The van der Waals surface area contributed by atoms with Crippen LogP contribution in [-0.4, -0.2) is 61.6 Å². The third-order valence-corrected chi connectivity index (χ3v) is 7.91. The SMILES string of the molecule is CC(C)CC1(CC(=O)N(O)CCNS(=O)(=O)c2ccc(F)cc2)CCN(CCc2ccccc2)C1=O. The molecule has 1 unspecified atom stereocenters. The number of nitrogens with zero attached hydrogens (tertiary/aromatic N) is 2. The number of amides is 2. The van der Waals surface area contributed by atoms with E-state index in [0.717, 1.165) is 36.2 Å². The van der Waals surface area contributed by atoms with Gasteiger partial charge in [-0.15, -0.1) is 0 Å². The quantitative estimate of drug-likeness (QED) is 0.331. The van der Waals surface area contributed by atoms with Crippen molar-refractivity contribution in [3.63, 3.8) is 0 Å². The van der Waals surface area contributed by atoms with E-state index < -0.39 is 27.2 Å². The van der Waals surface area contributed by atoms with Crippen LogP contribution in [-0.2, 0) is 26.0 Å². The van der Waals surface area contributed by atoms with Gasteiger partial charge in [-0.2, -0.15) is 0 Å². The number of hydrogen-bond donors (Lipinski definition) is 2. The summed E-state index contributed by atoms with van der Waals surface area (Å²) >= 11 is 0. The van der Waals surface area contributed by atoms with Gasteiger partial charge in [0, 0.05) is 26.1 Å². The van der Waals surface area contributed by atoms with Crippen molar-refractivity contribution in [1.29, 1.82) is 0 Å². The minimum atomic E-state index is -3.92. The lowest BCUT2D eigenvalue weighted by molar-refractivity contribution is -0.169. The standard InChI is InChI=1S/C26H34FN3O5S/c1-20(2)18-26(13-16-29(25(26)32)15-12-21-6-4-3-5-7-21)19-24(31)30(33)17-14-28-36(34,35)23-10-8-22(27)9-11-23/h3-11,20,28,33H,12-19H2,1-2H3. The van der Waals surface area contributed by atoms with E-state index in [9.17, 15) is 27.6 Å². The molecule has 8 nitrogen and oxygen atoms in total. The average Bonchev–Trinajstić information content (AvgIpc) is 3.12. The Bertz CT molecular complexity index is 1140. The molecule has 1 heterocycles. The lowest BCUT2D eigenvalue weighted by Crippen LogP contribution is -2.42. The molecule has 0 aliphatic carbocycles. The van der Waals surface area contributed by atoms with E-state index >= 15 is 0 Å². The van der Waals surface area contributed by atoms with Gasteiger partial charge in [0.2, 0.25) is 21.8 Å². The van der Waals surface area contributed by atoms with Crippen molar-refractivity contribution in [1.82, 2.24) is 14.7 Å². The van der Waals surface area contributed by atoms with Crippen molar-refractivity contribution in [2.45, 2.75) is 44.4 Å². The second-order valence-corrected chi connectivity index (χ2v) is 11.5. The third-order valence-electron chi connectivity index (χ3n) is 6.43. The maximum Gasteiger partial charge on any atom is 0.247 e. The first kappa shape index (κ1) is 27.8. The number of hydroxylamine groups is 2. The van der Waals surface area contributed by atoms with E-state index in [1.807, 2.05) is 44.2 Å².